The van der Waals surface area contributed by atoms with Gasteiger partial charge in [0.1, 0.15) is 11.9 Å². The van der Waals surface area contributed by atoms with Crippen LogP contribution < -0.4 is 14.8 Å². The molecule has 0 fully saturated rings. The molecule has 1 N–H and O–H groups in total. The summed E-state index contributed by atoms with van der Waals surface area (Å²) in [6.07, 6.45) is -1.99. The number of halogens is 3. The van der Waals surface area contributed by atoms with Crippen molar-refractivity contribution in [3.63, 3.8) is 0 Å². The predicted octanol–water partition coefficient (Wildman–Crippen LogP) is 2.21. The number of nitrogens with zero attached hydrogens (tertiary/aromatic N) is 2. The smallest absolute Gasteiger partial charge is 0.471 e. The third-order valence-electron chi connectivity index (χ3n) is 3.39. The van der Waals surface area contributed by atoms with Crippen molar-refractivity contribution in [3.05, 3.63) is 42.0 Å². The lowest BCUT2D eigenvalue weighted by Crippen LogP contribution is -2.40. The van der Waals surface area contributed by atoms with Crippen molar-refractivity contribution in [1.29, 1.82) is 0 Å². The van der Waals surface area contributed by atoms with Crippen LogP contribution in [0.5, 0.6) is 11.5 Å². The van der Waals surface area contributed by atoms with E-state index in [2.05, 4.69) is 4.98 Å². The lowest BCUT2D eigenvalue weighted by molar-refractivity contribution is -0.174. The SMILES string of the molecule is COc1ccc(C(NC(=O)C(F)(F)F)c2nccn2C)cc1OC. The molecule has 0 aliphatic rings. The number of benzene rings is 1. The highest BCUT2D eigenvalue weighted by Crippen LogP contribution is 2.32. The molecule has 130 valence electrons. The van der Waals surface area contributed by atoms with Crippen LogP contribution in [0.15, 0.2) is 30.6 Å². The Balaban J connectivity index is 2.47. The number of carbonyl (C=O) groups is 1. The number of imidazole rings is 1. The third kappa shape index (κ3) is 3.61. The van der Waals surface area contributed by atoms with Crippen LogP contribution in [0.25, 0.3) is 0 Å². The minimum Gasteiger partial charge on any atom is -0.493 e. The second-order valence-corrected chi connectivity index (χ2v) is 4.92. The molecule has 2 aromatic rings. The molecule has 1 amide bonds. The Morgan fingerprint density at radius 3 is 2.42 bits per heavy atom. The maximum atomic E-state index is 12.6. The minimum absolute atomic E-state index is 0.250. The first-order valence-corrected chi connectivity index (χ1v) is 6.84. The van der Waals surface area contributed by atoms with Crippen LogP contribution in [0.2, 0.25) is 0 Å². The van der Waals surface area contributed by atoms with E-state index >= 15 is 0 Å². The average molecular weight is 343 g/mol. The number of hydrogen-bond acceptors (Lipinski definition) is 4. The number of aryl methyl sites for hydroxylation is 1. The summed E-state index contributed by atoms with van der Waals surface area (Å²) < 4.78 is 49.7. The van der Waals surface area contributed by atoms with Gasteiger partial charge >= 0.3 is 12.1 Å². The number of nitrogens with one attached hydrogen (secondary N) is 1. The van der Waals surface area contributed by atoms with Crippen molar-refractivity contribution in [2.75, 3.05) is 14.2 Å². The molecule has 1 heterocycles. The molecule has 0 aliphatic heterocycles. The largest absolute Gasteiger partial charge is 0.493 e. The van der Waals surface area contributed by atoms with E-state index in [0.29, 0.717) is 17.1 Å². The summed E-state index contributed by atoms with van der Waals surface area (Å²) in [7, 11) is 4.47. The quantitative estimate of drug-likeness (QED) is 0.904. The van der Waals surface area contributed by atoms with Gasteiger partial charge in [0.05, 0.1) is 14.2 Å². The zero-order valence-corrected chi connectivity index (χ0v) is 13.2. The predicted molar refractivity (Wildman–Crippen MR) is 78.8 cm³/mol. The maximum Gasteiger partial charge on any atom is 0.471 e. The molecule has 2 rings (SSSR count). The number of hydrogen-bond donors (Lipinski definition) is 1. The van der Waals surface area contributed by atoms with Gasteiger partial charge in [0.25, 0.3) is 0 Å². The lowest BCUT2D eigenvalue weighted by Gasteiger charge is -2.21. The maximum absolute atomic E-state index is 12.6. The van der Waals surface area contributed by atoms with Gasteiger partial charge in [-0.1, -0.05) is 6.07 Å². The first-order chi connectivity index (χ1) is 11.3. The number of amides is 1. The van der Waals surface area contributed by atoms with Gasteiger partial charge in [-0.25, -0.2) is 4.98 Å². The van der Waals surface area contributed by atoms with Crippen molar-refractivity contribution in [3.8, 4) is 11.5 Å². The molecule has 6 nitrogen and oxygen atoms in total. The molecule has 0 aliphatic carbocycles. The summed E-state index contributed by atoms with van der Waals surface area (Å²) >= 11 is 0. The second-order valence-electron chi connectivity index (χ2n) is 4.92. The zero-order chi connectivity index (χ0) is 17.9. The van der Waals surface area contributed by atoms with E-state index in [1.54, 1.807) is 19.3 Å². The van der Waals surface area contributed by atoms with Crippen LogP contribution in [0.3, 0.4) is 0 Å². The molecule has 24 heavy (non-hydrogen) atoms. The molecule has 1 unspecified atom stereocenters. The summed E-state index contributed by atoms with van der Waals surface area (Å²) in [6.45, 7) is 0. The molecular weight excluding hydrogens is 327 g/mol. The fourth-order valence-corrected chi connectivity index (χ4v) is 2.20. The molecule has 0 spiro atoms. The highest BCUT2D eigenvalue weighted by molar-refractivity contribution is 5.82. The molecule has 0 saturated carbocycles. The van der Waals surface area contributed by atoms with Crippen LogP contribution >= 0.6 is 0 Å². The van der Waals surface area contributed by atoms with Gasteiger partial charge in [0.15, 0.2) is 11.5 Å². The standard InChI is InChI=1S/C15H16F3N3O3/c1-21-7-6-19-13(21)12(20-14(22)15(16,17)18)9-4-5-10(23-2)11(8-9)24-3/h4-8,12H,1-3H3,(H,20,22). The third-order valence-corrected chi connectivity index (χ3v) is 3.39. The number of rotatable bonds is 5. The number of methoxy groups -OCH3 is 2. The Hall–Kier alpha value is -2.71. The monoisotopic (exact) mass is 343 g/mol. The summed E-state index contributed by atoms with van der Waals surface area (Å²) in [5, 5.41) is 1.96. The van der Waals surface area contributed by atoms with Crippen molar-refractivity contribution in [2.45, 2.75) is 12.2 Å². The van der Waals surface area contributed by atoms with Gasteiger partial charge in [0, 0.05) is 19.4 Å². The Kier molecular flexibility index (Phi) is 5.01. The Morgan fingerprint density at radius 1 is 1.25 bits per heavy atom. The molecular formula is C15H16F3N3O3. The van der Waals surface area contributed by atoms with Crippen molar-refractivity contribution < 1.29 is 27.4 Å². The van der Waals surface area contributed by atoms with E-state index in [1.165, 1.54) is 37.1 Å². The molecule has 0 bridgehead atoms. The number of alkyl halides is 3. The zero-order valence-electron chi connectivity index (χ0n) is 13.2. The van der Waals surface area contributed by atoms with E-state index < -0.39 is 18.1 Å². The Labute approximate surface area is 136 Å². The molecule has 9 heteroatoms. The van der Waals surface area contributed by atoms with Gasteiger partial charge < -0.3 is 19.4 Å². The van der Waals surface area contributed by atoms with Crippen LogP contribution in [-0.2, 0) is 11.8 Å². The first kappa shape index (κ1) is 17.6. The van der Waals surface area contributed by atoms with Crippen molar-refractivity contribution >= 4 is 5.91 Å². The van der Waals surface area contributed by atoms with Crippen molar-refractivity contribution in [2.24, 2.45) is 7.05 Å². The van der Waals surface area contributed by atoms with Gasteiger partial charge in [-0.2, -0.15) is 13.2 Å². The highest BCUT2D eigenvalue weighted by atomic mass is 19.4. The molecule has 0 radical (unpaired) electrons. The second kappa shape index (κ2) is 6.81. The number of aromatic nitrogens is 2. The summed E-state index contributed by atoms with van der Waals surface area (Å²) in [6, 6.07) is 3.48. The normalized spacial score (nSPS) is 12.6. The average Bonchev–Trinajstić information content (AvgIpc) is 2.96. The number of carbonyl (C=O) groups excluding carboxylic acids is 1. The van der Waals surface area contributed by atoms with Gasteiger partial charge in [0.2, 0.25) is 0 Å². The first-order valence-electron chi connectivity index (χ1n) is 6.84. The summed E-state index contributed by atoms with van der Waals surface area (Å²) in [4.78, 5) is 15.4. The van der Waals surface area contributed by atoms with E-state index in [-0.39, 0.29) is 5.82 Å². The fourth-order valence-electron chi connectivity index (χ4n) is 2.20. The molecule has 1 aromatic carbocycles. The van der Waals surface area contributed by atoms with Gasteiger partial charge in [-0.15, -0.1) is 0 Å². The van der Waals surface area contributed by atoms with E-state index in [4.69, 9.17) is 9.47 Å². The van der Waals surface area contributed by atoms with Crippen LogP contribution in [0.4, 0.5) is 13.2 Å². The van der Waals surface area contributed by atoms with E-state index in [0.717, 1.165) is 0 Å². The topological polar surface area (TPSA) is 65.4 Å². The Morgan fingerprint density at radius 2 is 1.92 bits per heavy atom. The molecule has 1 aromatic heterocycles. The number of ether oxygens (including phenoxy) is 2. The van der Waals surface area contributed by atoms with Crippen LogP contribution in [0, 0.1) is 0 Å². The lowest BCUT2D eigenvalue weighted by atomic mass is 10.0. The molecule has 0 saturated heterocycles. The van der Waals surface area contributed by atoms with Crippen molar-refractivity contribution in [1.82, 2.24) is 14.9 Å². The molecule has 1 atom stereocenters. The van der Waals surface area contributed by atoms with E-state index in [9.17, 15) is 18.0 Å². The minimum atomic E-state index is -5.00. The van der Waals surface area contributed by atoms with E-state index in [1.807, 2.05) is 5.32 Å². The summed E-state index contributed by atoms with van der Waals surface area (Å²) in [5.41, 5.74) is 0.375. The Bertz CT molecular complexity index is 728. The highest BCUT2D eigenvalue weighted by Gasteiger charge is 2.40. The summed E-state index contributed by atoms with van der Waals surface area (Å²) in [5.74, 6) is -1.05. The fraction of sp³-hybridized carbons (Fsp3) is 0.333. The van der Waals surface area contributed by atoms with Crippen LogP contribution in [-0.4, -0.2) is 35.9 Å². The van der Waals surface area contributed by atoms with Gasteiger partial charge in [-0.3, -0.25) is 4.79 Å². The van der Waals surface area contributed by atoms with Crippen LogP contribution in [0.1, 0.15) is 17.4 Å². The van der Waals surface area contributed by atoms with Gasteiger partial charge in [-0.05, 0) is 17.7 Å².